The van der Waals surface area contributed by atoms with Gasteiger partial charge in [0.1, 0.15) is 5.82 Å². The Labute approximate surface area is 112 Å². The molecule has 0 saturated carbocycles. The zero-order valence-electron chi connectivity index (χ0n) is 9.55. The molecule has 0 amide bonds. The summed E-state index contributed by atoms with van der Waals surface area (Å²) >= 11 is 5.83. The average Bonchev–Trinajstić information content (AvgIpc) is 2.76. The van der Waals surface area contributed by atoms with Crippen LogP contribution >= 0.6 is 11.6 Å². The number of nitrogen functional groups attached to an aromatic ring is 1. The summed E-state index contributed by atoms with van der Waals surface area (Å²) in [7, 11) is 0. The number of hydrogen-bond donors (Lipinski definition) is 2. The molecule has 3 N–H and O–H groups in total. The van der Waals surface area contributed by atoms with E-state index in [2.05, 4.69) is 9.97 Å². The molecule has 1 aromatic heterocycles. The largest absolute Gasteiger partial charge is 0.398 e. The third-order valence-electron chi connectivity index (χ3n) is 2.79. The molecule has 0 aliphatic carbocycles. The summed E-state index contributed by atoms with van der Waals surface area (Å²) in [6.45, 7) is 0. The van der Waals surface area contributed by atoms with E-state index in [1.54, 1.807) is 18.2 Å². The Bertz CT molecular complexity index is 744. The normalized spacial score (nSPS) is 11.1. The summed E-state index contributed by atoms with van der Waals surface area (Å²) in [5.74, 6) is -1.37. The van der Waals surface area contributed by atoms with E-state index in [1.165, 1.54) is 0 Å². The van der Waals surface area contributed by atoms with Gasteiger partial charge in [-0.25, -0.2) is 13.8 Å². The summed E-state index contributed by atoms with van der Waals surface area (Å²) < 4.78 is 26.2. The van der Waals surface area contributed by atoms with Gasteiger partial charge < -0.3 is 10.7 Å². The van der Waals surface area contributed by atoms with Gasteiger partial charge in [-0.2, -0.15) is 0 Å². The Balaban J connectivity index is 2.17. The van der Waals surface area contributed by atoms with Gasteiger partial charge >= 0.3 is 0 Å². The highest BCUT2D eigenvalue weighted by molar-refractivity contribution is 6.33. The molecule has 96 valence electrons. The quantitative estimate of drug-likeness (QED) is 0.667. The monoisotopic (exact) mass is 279 g/mol. The van der Waals surface area contributed by atoms with E-state index in [0.29, 0.717) is 33.1 Å². The zero-order valence-corrected chi connectivity index (χ0v) is 10.3. The van der Waals surface area contributed by atoms with Crippen LogP contribution in [0.5, 0.6) is 0 Å². The summed E-state index contributed by atoms with van der Waals surface area (Å²) in [4.78, 5) is 7.10. The van der Waals surface area contributed by atoms with Crippen molar-refractivity contribution in [3.05, 3.63) is 47.0 Å². The van der Waals surface area contributed by atoms with E-state index in [4.69, 9.17) is 17.3 Å². The van der Waals surface area contributed by atoms with Crippen LogP contribution in [-0.2, 0) is 0 Å². The number of nitrogens with zero attached hydrogens (tertiary/aromatic N) is 1. The van der Waals surface area contributed by atoms with Crippen molar-refractivity contribution < 1.29 is 8.78 Å². The van der Waals surface area contributed by atoms with Crippen LogP contribution in [0.2, 0.25) is 5.02 Å². The number of fused-ring (bicyclic) bond motifs is 1. The highest BCUT2D eigenvalue weighted by atomic mass is 35.5. The van der Waals surface area contributed by atoms with Gasteiger partial charge in [0.05, 0.1) is 21.7 Å². The number of halogens is 3. The Morgan fingerprint density at radius 1 is 1.11 bits per heavy atom. The van der Waals surface area contributed by atoms with Crippen LogP contribution in [0.15, 0.2) is 30.3 Å². The predicted molar refractivity (Wildman–Crippen MR) is 70.9 cm³/mol. The molecule has 1 heterocycles. The number of anilines is 1. The fourth-order valence-corrected chi connectivity index (χ4v) is 1.95. The van der Waals surface area contributed by atoms with Gasteiger partial charge in [-0.05, 0) is 18.2 Å². The molecule has 3 aromatic rings. The maximum Gasteiger partial charge on any atom is 0.161 e. The fraction of sp³-hybridized carbons (Fsp3) is 0. The molecular formula is C13H8ClF2N3. The molecule has 0 radical (unpaired) electrons. The molecular weight excluding hydrogens is 272 g/mol. The Hall–Kier alpha value is -2.14. The van der Waals surface area contributed by atoms with Gasteiger partial charge in [0.15, 0.2) is 11.6 Å². The number of hydrogen-bond acceptors (Lipinski definition) is 2. The third kappa shape index (κ3) is 2.02. The van der Waals surface area contributed by atoms with Crippen LogP contribution in [0.25, 0.3) is 22.4 Å². The number of imidazole rings is 1. The second kappa shape index (κ2) is 4.20. The first-order chi connectivity index (χ1) is 9.04. The highest BCUT2D eigenvalue weighted by Gasteiger charge is 2.10. The molecule has 0 atom stereocenters. The van der Waals surface area contributed by atoms with Crippen LogP contribution in [0.3, 0.4) is 0 Å². The first-order valence-electron chi connectivity index (χ1n) is 5.45. The number of nitrogens with two attached hydrogens (primary N) is 1. The molecule has 0 spiro atoms. The zero-order chi connectivity index (χ0) is 13.6. The predicted octanol–water partition coefficient (Wildman–Crippen LogP) is 3.74. The molecule has 0 unspecified atom stereocenters. The minimum absolute atomic E-state index is 0.349. The van der Waals surface area contributed by atoms with Crippen molar-refractivity contribution >= 4 is 28.3 Å². The van der Waals surface area contributed by atoms with Crippen LogP contribution in [0.1, 0.15) is 0 Å². The van der Waals surface area contributed by atoms with Crippen molar-refractivity contribution in [2.24, 2.45) is 0 Å². The Kier molecular flexibility index (Phi) is 2.64. The van der Waals surface area contributed by atoms with Crippen molar-refractivity contribution in [3.63, 3.8) is 0 Å². The summed E-state index contributed by atoms with van der Waals surface area (Å²) in [6, 6.07) is 7.13. The molecule has 0 fully saturated rings. The van der Waals surface area contributed by atoms with Gasteiger partial charge in [-0.1, -0.05) is 11.6 Å². The number of benzene rings is 2. The van der Waals surface area contributed by atoms with Crippen molar-refractivity contribution in [1.29, 1.82) is 0 Å². The van der Waals surface area contributed by atoms with E-state index < -0.39 is 11.6 Å². The molecule has 2 aromatic carbocycles. The molecule has 0 aliphatic heterocycles. The minimum Gasteiger partial charge on any atom is -0.398 e. The second-order valence-electron chi connectivity index (χ2n) is 4.11. The Morgan fingerprint density at radius 2 is 1.84 bits per heavy atom. The molecule has 0 aliphatic rings. The van der Waals surface area contributed by atoms with Crippen molar-refractivity contribution in [3.8, 4) is 11.4 Å². The van der Waals surface area contributed by atoms with E-state index in [0.717, 1.165) is 12.1 Å². The Morgan fingerprint density at radius 3 is 2.58 bits per heavy atom. The van der Waals surface area contributed by atoms with E-state index in [1.807, 2.05) is 0 Å². The van der Waals surface area contributed by atoms with Crippen LogP contribution in [0.4, 0.5) is 14.5 Å². The van der Waals surface area contributed by atoms with Gasteiger partial charge in [-0.15, -0.1) is 0 Å². The minimum atomic E-state index is -0.929. The lowest BCUT2D eigenvalue weighted by atomic mass is 10.2. The summed E-state index contributed by atoms with van der Waals surface area (Å²) in [6.07, 6.45) is 0. The molecule has 0 bridgehead atoms. The maximum atomic E-state index is 13.1. The average molecular weight is 280 g/mol. The standard InChI is InChI=1S/C13H8ClF2N3/c14-7-2-1-6(3-10(7)17)13-18-11-4-8(15)9(16)5-12(11)19-13/h1-5H,17H2,(H,18,19). The first kappa shape index (κ1) is 11.9. The van der Waals surface area contributed by atoms with Gasteiger partial charge in [0.2, 0.25) is 0 Å². The molecule has 6 heteroatoms. The van der Waals surface area contributed by atoms with Crippen LogP contribution in [0, 0.1) is 11.6 Å². The summed E-state index contributed by atoms with van der Waals surface area (Å²) in [5, 5.41) is 0.442. The van der Waals surface area contributed by atoms with Gasteiger partial charge in [0, 0.05) is 17.7 Å². The number of aromatic nitrogens is 2. The van der Waals surface area contributed by atoms with Gasteiger partial charge in [0.25, 0.3) is 0 Å². The lowest BCUT2D eigenvalue weighted by molar-refractivity contribution is 0.510. The second-order valence-corrected chi connectivity index (χ2v) is 4.51. The van der Waals surface area contributed by atoms with Crippen molar-refractivity contribution in [1.82, 2.24) is 9.97 Å². The molecule has 3 rings (SSSR count). The molecule has 19 heavy (non-hydrogen) atoms. The number of nitrogens with one attached hydrogen (secondary N) is 1. The summed E-state index contributed by atoms with van der Waals surface area (Å²) in [5.41, 5.74) is 7.58. The maximum absolute atomic E-state index is 13.1. The lowest BCUT2D eigenvalue weighted by Gasteiger charge is -2.00. The number of H-pyrrole nitrogens is 1. The topological polar surface area (TPSA) is 54.7 Å². The smallest absolute Gasteiger partial charge is 0.161 e. The molecule has 0 saturated heterocycles. The van der Waals surface area contributed by atoms with Crippen molar-refractivity contribution in [2.75, 3.05) is 5.73 Å². The number of rotatable bonds is 1. The van der Waals surface area contributed by atoms with Crippen LogP contribution < -0.4 is 5.73 Å². The lowest BCUT2D eigenvalue weighted by Crippen LogP contribution is -1.88. The van der Waals surface area contributed by atoms with E-state index in [9.17, 15) is 8.78 Å². The van der Waals surface area contributed by atoms with E-state index in [-0.39, 0.29) is 0 Å². The highest BCUT2D eigenvalue weighted by Crippen LogP contribution is 2.27. The number of aromatic amines is 1. The first-order valence-corrected chi connectivity index (χ1v) is 5.82. The SMILES string of the molecule is Nc1cc(-c2nc3cc(F)c(F)cc3[nH]2)ccc1Cl. The van der Waals surface area contributed by atoms with Gasteiger partial charge in [-0.3, -0.25) is 0 Å². The molecule has 3 nitrogen and oxygen atoms in total. The fourth-order valence-electron chi connectivity index (χ4n) is 1.83. The van der Waals surface area contributed by atoms with E-state index >= 15 is 0 Å². The van der Waals surface area contributed by atoms with Crippen LogP contribution in [-0.4, -0.2) is 9.97 Å². The third-order valence-corrected chi connectivity index (χ3v) is 3.14. The van der Waals surface area contributed by atoms with Crippen molar-refractivity contribution in [2.45, 2.75) is 0 Å².